The van der Waals surface area contributed by atoms with Gasteiger partial charge in [-0.1, -0.05) is 46.3 Å². The first-order valence-electron chi connectivity index (χ1n) is 8.05. The molecular weight excluding hydrogens is 405 g/mol. The third-order valence-corrected chi connectivity index (χ3v) is 4.46. The van der Waals surface area contributed by atoms with Crippen molar-refractivity contribution >= 4 is 28.1 Å². The monoisotopic (exact) mass is 420 g/mol. The zero-order valence-corrected chi connectivity index (χ0v) is 15.6. The Bertz CT molecular complexity index is 925. The van der Waals surface area contributed by atoms with Gasteiger partial charge in [-0.25, -0.2) is 4.98 Å². The van der Waals surface area contributed by atoms with Crippen molar-refractivity contribution in [1.82, 2.24) is 9.55 Å². The van der Waals surface area contributed by atoms with Gasteiger partial charge in [0.15, 0.2) is 0 Å². The van der Waals surface area contributed by atoms with Gasteiger partial charge in [-0.05, 0) is 42.8 Å². The van der Waals surface area contributed by atoms with Gasteiger partial charge in [-0.3, -0.25) is 0 Å². The Labute approximate surface area is 158 Å². The van der Waals surface area contributed by atoms with E-state index >= 15 is 0 Å². The Balaban J connectivity index is 1.93. The summed E-state index contributed by atoms with van der Waals surface area (Å²) in [6, 6.07) is 13.1. The second-order valence-electron chi connectivity index (χ2n) is 5.73. The van der Waals surface area contributed by atoms with Crippen LogP contribution >= 0.6 is 15.9 Å². The second-order valence-corrected chi connectivity index (χ2v) is 6.65. The fourth-order valence-electron chi connectivity index (χ4n) is 2.56. The molecule has 6 heteroatoms. The smallest absolute Gasteiger partial charge is 0.331 e. The molecule has 0 radical (unpaired) electrons. The molecule has 0 bridgehead atoms. The predicted molar refractivity (Wildman–Crippen MR) is 101 cm³/mol. The van der Waals surface area contributed by atoms with Crippen LogP contribution in [0, 0.1) is 0 Å². The van der Waals surface area contributed by atoms with E-state index in [9.17, 15) is 13.2 Å². The largest absolute Gasteiger partial charge is 0.416 e. The Morgan fingerprint density at radius 1 is 1.08 bits per heavy atom. The summed E-state index contributed by atoms with van der Waals surface area (Å²) in [5.74, 6) is 0.697. The maximum Gasteiger partial charge on any atom is 0.416 e. The maximum atomic E-state index is 12.9. The summed E-state index contributed by atoms with van der Waals surface area (Å²) >= 11 is 3.39. The minimum atomic E-state index is -4.37. The molecule has 0 atom stereocenters. The number of rotatable bonds is 4. The Hall–Kier alpha value is -2.34. The molecule has 134 valence electrons. The predicted octanol–water partition coefficient (Wildman–Crippen LogP) is 6.52. The minimum absolute atomic E-state index is 0.449. The normalized spacial score (nSPS) is 12.0. The number of imidazole rings is 1. The van der Waals surface area contributed by atoms with E-state index < -0.39 is 11.7 Å². The van der Waals surface area contributed by atoms with Crippen molar-refractivity contribution < 1.29 is 13.2 Å². The molecule has 0 fully saturated rings. The summed E-state index contributed by atoms with van der Waals surface area (Å²) in [6.07, 6.45) is 1.20. The van der Waals surface area contributed by atoms with Crippen LogP contribution in [0.1, 0.15) is 23.9 Å². The summed E-state index contributed by atoms with van der Waals surface area (Å²) in [7, 11) is 0. The molecular formula is C20H16BrF3N2. The molecule has 0 saturated carbocycles. The SMILES string of the molecule is CCn1cc(-c2cccc(C(F)(F)F)c2)nc1/C=C/c1ccc(Br)cc1. The van der Waals surface area contributed by atoms with E-state index in [1.165, 1.54) is 6.07 Å². The number of alkyl halides is 3. The van der Waals surface area contributed by atoms with Gasteiger partial charge in [0.2, 0.25) is 0 Å². The van der Waals surface area contributed by atoms with Crippen LogP contribution in [0.2, 0.25) is 0 Å². The van der Waals surface area contributed by atoms with Gasteiger partial charge in [0.25, 0.3) is 0 Å². The average Bonchev–Trinajstić information content (AvgIpc) is 3.04. The summed E-state index contributed by atoms with van der Waals surface area (Å²) in [5, 5.41) is 0. The van der Waals surface area contributed by atoms with Crippen molar-refractivity contribution in [2.45, 2.75) is 19.6 Å². The van der Waals surface area contributed by atoms with Gasteiger partial charge in [0, 0.05) is 22.8 Å². The highest BCUT2D eigenvalue weighted by atomic mass is 79.9. The van der Waals surface area contributed by atoms with Gasteiger partial charge in [0.1, 0.15) is 5.82 Å². The lowest BCUT2D eigenvalue weighted by molar-refractivity contribution is -0.137. The standard InChI is InChI=1S/C20H16BrF3N2/c1-2-26-13-18(15-4-3-5-16(12-15)20(22,23)24)25-19(26)11-8-14-6-9-17(21)10-7-14/h3-13H,2H2,1H3/b11-8+. The molecule has 0 N–H and O–H groups in total. The zero-order chi connectivity index (χ0) is 18.7. The highest BCUT2D eigenvalue weighted by Gasteiger charge is 2.30. The van der Waals surface area contributed by atoms with Crippen molar-refractivity contribution in [2.24, 2.45) is 0 Å². The van der Waals surface area contributed by atoms with Gasteiger partial charge in [-0.15, -0.1) is 0 Å². The van der Waals surface area contributed by atoms with Gasteiger partial charge in [0.05, 0.1) is 11.3 Å². The number of aryl methyl sites for hydroxylation is 1. The van der Waals surface area contributed by atoms with Crippen LogP contribution in [0.5, 0.6) is 0 Å². The Morgan fingerprint density at radius 2 is 1.81 bits per heavy atom. The van der Waals surface area contributed by atoms with Crippen molar-refractivity contribution in [3.63, 3.8) is 0 Å². The molecule has 2 aromatic carbocycles. The van der Waals surface area contributed by atoms with Crippen molar-refractivity contribution in [3.8, 4) is 11.3 Å². The molecule has 1 heterocycles. The van der Waals surface area contributed by atoms with E-state index in [0.717, 1.165) is 22.2 Å². The van der Waals surface area contributed by atoms with Crippen LogP contribution in [0.4, 0.5) is 13.2 Å². The first-order chi connectivity index (χ1) is 12.4. The summed E-state index contributed by atoms with van der Waals surface area (Å²) in [5.41, 5.74) is 1.31. The fourth-order valence-corrected chi connectivity index (χ4v) is 2.82. The van der Waals surface area contributed by atoms with E-state index in [0.29, 0.717) is 23.6 Å². The van der Waals surface area contributed by atoms with E-state index in [1.807, 2.05) is 47.9 Å². The topological polar surface area (TPSA) is 17.8 Å². The fraction of sp³-hybridized carbons (Fsp3) is 0.150. The van der Waals surface area contributed by atoms with Crippen LogP contribution in [-0.4, -0.2) is 9.55 Å². The second kappa shape index (κ2) is 7.50. The van der Waals surface area contributed by atoms with E-state index in [2.05, 4.69) is 20.9 Å². The van der Waals surface area contributed by atoms with Crippen molar-refractivity contribution in [1.29, 1.82) is 0 Å². The summed E-state index contributed by atoms with van der Waals surface area (Å²) < 4.78 is 41.7. The Morgan fingerprint density at radius 3 is 2.46 bits per heavy atom. The third kappa shape index (κ3) is 4.25. The summed E-state index contributed by atoms with van der Waals surface area (Å²) in [4.78, 5) is 4.51. The molecule has 1 aromatic heterocycles. The van der Waals surface area contributed by atoms with Crippen LogP contribution in [0.15, 0.2) is 59.2 Å². The highest BCUT2D eigenvalue weighted by molar-refractivity contribution is 9.10. The van der Waals surface area contributed by atoms with Crippen LogP contribution in [0.25, 0.3) is 23.4 Å². The molecule has 0 spiro atoms. The van der Waals surface area contributed by atoms with Crippen LogP contribution in [0.3, 0.4) is 0 Å². The molecule has 0 saturated heterocycles. The quantitative estimate of drug-likeness (QED) is 0.469. The molecule has 0 aliphatic heterocycles. The van der Waals surface area contributed by atoms with E-state index in [4.69, 9.17) is 0 Å². The first-order valence-corrected chi connectivity index (χ1v) is 8.84. The lowest BCUT2D eigenvalue weighted by Gasteiger charge is -2.07. The maximum absolute atomic E-state index is 12.9. The van der Waals surface area contributed by atoms with Gasteiger partial charge in [-0.2, -0.15) is 13.2 Å². The molecule has 26 heavy (non-hydrogen) atoms. The van der Waals surface area contributed by atoms with Gasteiger partial charge < -0.3 is 4.57 Å². The van der Waals surface area contributed by atoms with Crippen LogP contribution < -0.4 is 0 Å². The van der Waals surface area contributed by atoms with E-state index in [-0.39, 0.29) is 0 Å². The highest BCUT2D eigenvalue weighted by Crippen LogP contribution is 2.32. The number of hydrogen-bond acceptors (Lipinski definition) is 1. The van der Waals surface area contributed by atoms with Crippen molar-refractivity contribution in [2.75, 3.05) is 0 Å². The molecule has 0 amide bonds. The lowest BCUT2D eigenvalue weighted by Crippen LogP contribution is -2.04. The van der Waals surface area contributed by atoms with E-state index in [1.54, 1.807) is 12.3 Å². The zero-order valence-electron chi connectivity index (χ0n) is 14.0. The average molecular weight is 421 g/mol. The number of halogens is 4. The van der Waals surface area contributed by atoms with Gasteiger partial charge >= 0.3 is 6.18 Å². The number of hydrogen-bond donors (Lipinski definition) is 0. The molecule has 0 aliphatic rings. The number of nitrogens with zero attached hydrogens (tertiary/aromatic N) is 2. The molecule has 3 rings (SSSR count). The lowest BCUT2D eigenvalue weighted by atomic mass is 10.1. The molecule has 3 aromatic rings. The molecule has 2 nitrogen and oxygen atoms in total. The number of benzene rings is 2. The summed E-state index contributed by atoms with van der Waals surface area (Å²) in [6.45, 7) is 2.64. The Kier molecular flexibility index (Phi) is 5.32. The third-order valence-electron chi connectivity index (χ3n) is 3.93. The number of aromatic nitrogens is 2. The van der Waals surface area contributed by atoms with Crippen molar-refractivity contribution in [3.05, 3.63) is 76.2 Å². The molecule has 0 unspecified atom stereocenters. The minimum Gasteiger partial charge on any atom is -0.331 e. The molecule has 0 aliphatic carbocycles. The first kappa shape index (κ1) is 18.5. The van der Waals surface area contributed by atoms with Crippen LogP contribution in [-0.2, 0) is 12.7 Å².